The van der Waals surface area contributed by atoms with Gasteiger partial charge in [-0.3, -0.25) is 4.79 Å². The zero-order valence-corrected chi connectivity index (χ0v) is 12.1. The van der Waals surface area contributed by atoms with Crippen molar-refractivity contribution in [2.24, 2.45) is 0 Å². The second kappa shape index (κ2) is 9.65. The zero-order chi connectivity index (χ0) is 15.5. The number of amides is 2. The molecule has 114 valence electrons. The van der Waals surface area contributed by atoms with Crippen molar-refractivity contribution in [1.29, 1.82) is 0 Å². The van der Waals surface area contributed by atoms with Crippen LogP contribution < -0.4 is 16.5 Å². The van der Waals surface area contributed by atoms with Crippen LogP contribution in [0.5, 0.6) is 0 Å². The quantitative estimate of drug-likeness (QED) is 0.616. The number of ether oxygens (including phenoxy) is 1. The summed E-state index contributed by atoms with van der Waals surface area (Å²) in [5.41, 5.74) is 0. The largest absolute Gasteiger partial charge is 0.519 e. The van der Waals surface area contributed by atoms with Crippen LogP contribution in [-0.4, -0.2) is 25.2 Å². The van der Waals surface area contributed by atoms with Gasteiger partial charge in [0.15, 0.2) is 5.76 Å². The van der Waals surface area contributed by atoms with E-state index in [9.17, 15) is 14.4 Å². The Morgan fingerprint density at radius 1 is 1.20 bits per heavy atom. The van der Waals surface area contributed by atoms with Crippen molar-refractivity contribution < 1.29 is 23.2 Å². The molecule has 1 aromatic rings. The Hall–Kier alpha value is -2.25. The molecule has 8 heteroatoms. The molecule has 0 aliphatic carbocycles. The predicted octanol–water partition coefficient (Wildman–Crippen LogP) is 0.930. The SMILES string of the molecule is CC.CC(=O)OCCNC(=O)NCc1oc(=O)oc1C. The Kier molecular flexibility index (Phi) is 8.56. The summed E-state index contributed by atoms with van der Waals surface area (Å²) in [6.45, 7) is 7.17. The van der Waals surface area contributed by atoms with Gasteiger partial charge in [0.05, 0.1) is 13.1 Å². The number of hydrogen-bond donors (Lipinski definition) is 2. The maximum absolute atomic E-state index is 11.3. The lowest BCUT2D eigenvalue weighted by molar-refractivity contribution is -0.140. The van der Waals surface area contributed by atoms with Crippen LogP contribution in [0.1, 0.15) is 32.3 Å². The summed E-state index contributed by atoms with van der Waals surface area (Å²) in [5.74, 6) is -0.636. The van der Waals surface area contributed by atoms with E-state index in [1.165, 1.54) is 6.92 Å². The number of carbonyl (C=O) groups is 2. The van der Waals surface area contributed by atoms with Crippen molar-refractivity contribution >= 4 is 12.0 Å². The molecule has 0 saturated heterocycles. The summed E-state index contributed by atoms with van der Waals surface area (Å²) in [7, 11) is 0. The molecular formula is C12H20N2O6. The summed E-state index contributed by atoms with van der Waals surface area (Å²) in [6.07, 6.45) is 0. The molecule has 20 heavy (non-hydrogen) atoms. The van der Waals surface area contributed by atoms with Crippen LogP contribution in [0.2, 0.25) is 0 Å². The van der Waals surface area contributed by atoms with Gasteiger partial charge in [-0.05, 0) is 6.92 Å². The van der Waals surface area contributed by atoms with Crippen molar-refractivity contribution in [1.82, 2.24) is 10.6 Å². The molecule has 0 bridgehead atoms. The molecule has 0 fully saturated rings. The molecule has 0 spiro atoms. The van der Waals surface area contributed by atoms with Crippen LogP contribution in [0.4, 0.5) is 4.79 Å². The van der Waals surface area contributed by atoms with Crippen LogP contribution in [0.3, 0.4) is 0 Å². The lowest BCUT2D eigenvalue weighted by atomic mass is 10.4. The number of rotatable bonds is 5. The second-order valence-electron chi connectivity index (χ2n) is 3.38. The highest BCUT2D eigenvalue weighted by Gasteiger charge is 2.09. The third-order valence-electron chi connectivity index (χ3n) is 1.94. The van der Waals surface area contributed by atoms with Gasteiger partial charge in [-0.2, -0.15) is 0 Å². The van der Waals surface area contributed by atoms with Crippen molar-refractivity contribution in [3.8, 4) is 0 Å². The Labute approximate surface area is 116 Å². The van der Waals surface area contributed by atoms with Gasteiger partial charge < -0.3 is 24.2 Å². The average Bonchev–Trinajstić information content (AvgIpc) is 2.73. The first kappa shape index (κ1) is 17.8. The second-order valence-corrected chi connectivity index (χ2v) is 3.38. The van der Waals surface area contributed by atoms with Gasteiger partial charge in [0.1, 0.15) is 12.4 Å². The number of urea groups is 1. The molecule has 0 aromatic carbocycles. The van der Waals surface area contributed by atoms with Crippen molar-refractivity contribution in [3.05, 3.63) is 22.1 Å². The average molecular weight is 288 g/mol. The Morgan fingerprint density at radius 3 is 2.35 bits per heavy atom. The molecule has 0 saturated carbocycles. The van der Waals surface area contributed by atoms with E-state index < -0.39 is 17.8 Å². The standard InChI is InChI=1S/C10H14N2O6.C2H6/c1-6-8(18-10(15)17-6)5-12-9(14)11-3-4-16-7(2)13;1-2/h3-5H2,1-2H3,(H2,11,12,14);1-2H3. The van der Waals surface area contributed by atoms with E-state index >= 15 is 0 Å². The smallest absolute Gasteiger partial charge is 0.464 e. The third-order valence-corrected chi connectivity index (χ3v) is 1.94. The monoisotopic (exact) mass is 288 g/mol. The lowest BCUT2D eigenvalue weighted by Crippen LogP contribution is -2.37. The Morgan fingerprint density at radius 2 is 1.85 bits per heavy atom. The zero-order valence-electron chi connectivity index (χ0n) is 12.1. The van der Waals surface area contributed by atoms with Crippen LogP contribution in [-0.2, 0) is 16.1 Å². The molecule has 0 atom stereocenters. The minimum absolute atomic E-state index is 0.0387. The van der Waals surface area contributed by atoms with Crippen molar-refractivity contribution in [3.63, 3.8) is 0 Å². The van der Waals surface area contributed by atoms with E-state index in [2.05, 4.69) is 24.2 Å². The van der Waals surface area contributed by atoms with E-state index in [0.717, 1.165) is 0 Å². The summed E-state index contributed by atoms with van der Waals surface area (Å²) in [4.78, 5) is 32.4. The minimum Gasteiger partial charge on any atom is -0.464 e. The fraction of sp³-hybridized carbons (Fsp3) is 0.583. The van der Waals surface area contributed by atoms with Gasteiger partial charge in [-0.1, -0.05) is 13.8 Å². The Balaban J connectivity index is 0.00000172. The number of esters is 1. The van der Waals surface area contributed by atoms with Gasteiger partial charge in [-0.15, -0.1) is 0 Å². The highest BCUT2D eigenvalue weighted by molar-refractivity contribution is 5.73. The molecule has 2 N–H and O–H groups in total. The summed E-state index contributed by atoms with van der Waals surface area (Å²) >= 11 is 0. The third kappa shape index (κ3) is 7.24. The minimum atomic E-state index is -0.806. The summed E-state index contributed by atoms with van der Waals surface area (Å²) < 4.78 is 13.9. The molecule has 0 aliphatic rings. The van der Waals surface area contributed by atoms with Crippen LogP contribution in [0.25, 0.3) is 0 Å². The first-order chi connectivity index (χ1) is 9.49. The van der Waals surface area contributed by atoms with E-state index in [1.807, 2.05) is 13.8 Å². The number of nitrogens with one attached hydrogen (secondary N) is 2. The van der Waals surface area contributed by atoms with Crippen LogP contribution >= 0.6 is 0 Å². The molecule has 1 aromatic heterocycles. The molecule has 8 nitrogen and oxygen atoms in total. The molecule has 0 aliphatic heterocycles. The summed E-state index contributed by atoms with van der Waals surface area (Å²) in [5, 5.41) is 4.91. The number of carbonyl (C=O) groups excluding carboxylic acids is 2. The molecule has 1 heterocycles. The highest BCUT2D eigenvalue weighted by atomic mass is 16.6. The number of hydrogen-bond acceptors (Lipinski definition) is 6. The maximum Gasteiger partial charge on any atom is 0.519 e. The van der Waals surface area contributed by atoms with Gasteiger partial charge >= 0.3 is 17.8 Å². The molecule has 0 radical (unpaired) electrons. The van der Waals surface area contributed by atoms with Crippen LogP contribution in [0.15, 0.2) is 13.6 Å². The molecular weight excluding hydrogens is 268 g/mol. The van der Waals surface area contributed by atoms with Gasteiger partial charge in [0.25, 0.3) is 0 Å². The van der Waals surface area contributed by atoms with E-state index in [1.54, 1.807) is 6.92 Å². The van der Waals surface area contributed by atoms with Crippen molar-refractivity contribution in [2.45, 2.75) is 34.2 Å². The van der Waals surface area contributed by atoms with Gasteiger partial charge in [-0.25, -0.2) is 9.59 Å². The maximum atomic E-state index is 11.3. The first-order valence-electron chi connectivity index (χ1n) is 6.23. The predicted molar refractivity (Wildman–Crippen MR) is 70.2 cm³/mol. The van der Waals surface area contributed by atoms with E-state index in [4.69, 9.17) is 0 Å². The summed E-state index contributed by atoms with van der Waals surface area (Å²) in [6, 6.07) is -0.467. The van der Waals surface area contributed by atoms with E-state index in [0.29, 0.717) is 5.76 Å². The van der Waals surface area contributed by atoms with Gasteiger partial charge in [0.2, 0.25) is 0 Å². The normalized spacial score (nSPS) is 9.20. The van der Waals surface area contributed by atoms with Crippen LogP contribution in [0, 0.1) is 6.92 Å². The lowest BCUT2D eigenvalue weighted by Gasteiger charge is -2.06. The Bertz CT molecular complexity index is 477. The topological polar surface area (TPSA) is 111 Å². The molecule has 2 amide bonds. The molecule has 1 rings (SSSR count). The fourth-order valence-corrected chi connectivity index (χ4v) is 1.12. The van der Waals surface area contributed by atoms with Crippen molar-refractivity contribution in [2.75, 3.05) is 13.2 Å². The fourth-order valence-electron chi connectivity index (χ4n) is 1.12. The van der Waals surface area contributed by atoms with Gasteiger partial charge in [0, 0.05) is 6.92 Å². The molecule has 0 unspecified atom stereocenters. The first-order valence-corrected chi connectivity index (χ1v) is 6.23. The number of aryl methyl sites for hydroxylation is 1. The van der Waals surface area contributed by atoms with E-state index in [-0.39, 0.29) is 25.5 Å². The highest BCUT2D eigenvalue weighted by Crippen LogP contribution is 2.03.